The smallest absolute Gasteiger partial charge is 0.126 e. The topological polar surface area (TPSA) is 50.7 Å². The van der Waals surface area contributed by atoms with Gasteiger partial charge in [-0.1, -0.05) is 53.5 Å². The van der Waals surface area contributed by atoms with Gasteiger partial charge in [-0.25, -0.2) is 19.3 Å². The molecule has 0 spiro atoms. The lowest BCUT2D eigenvalue weighted by atomic mass is 10.0. The predicted octanol–water partition coefficient (Wildman–Crippen LogP) is 7.42. The van der Waals surface area contributed by atoms with Gasteiger partial charge in [-0.05, 0) is 54.1 Å². The molecule has 5 aromatic rings. The summed E-state index contributed by atoms with van der Waals surface area (Å²) >= 11 is 12.4. The van der Waals surface area contributed by atoms with Crippen molar-refractivity contribution in [2.45, 2.75) is 6.54 Å². The van der Waals surface area contributed by atoms with Crippen LogP contribution in [0.25, 0.3) is 33.5 Å². The van der Waals surface area contributed by atoms with Gasteiger partial charge in [-0.3, -0.25) is 0 Å². The van der Waals surface area contributed by atoms with Gasteiger partial charge in [0.2, 0.25) is 0 Å². The van der Waals surface area contributed by atoms with Crippen LogP contribution in [0.1, 0.15) is 5.56 Å². The molecule has 0 atom stereocenters. The Labute approximate surface area is 200 Å². The summed E-state index contributed by atoms with van der Waals surface area (Å²) in [6.45, 7) is 0.639. The zero-order valence-electron chi connectivity index (χ0n) is 17.3. The lowest BCUT2D eigenvalue weighted by Crippen LogP contribution is -2.02. The van der Waals surface area contributed by atoms with E-state index in [0.717, 1.165) is 16.7 Å². The number of anilines is 1. The summed E-state index contributed by atoms with van der Waals surface area (Å²) in [4.78, 5) is 14.1. The van der Waals surface area contributed by atoms with Crippen molar-refractivity contribution in [2.75, 3.05) is 5.32 Å². The molecule has 162 valence electrons. The Bertz CT molecular complexity index is 1440. The van der Waals surface area contributed by atoms with Crippen LogP contribution in [0, 0.1) is 5.82 Å². The first kappa shape index (κ1) is 21.3. The number of benzene rings is 3. The number of hydrogen-bond acceptors (Lipinski definition) is 4. The minimum atomic E-state index is -0.319. The number of aromatic nitrogens is 3. The van der Waals surface area contributed by atoms with Crippen molar-refractivity contribution in [2.24, 2.45) is 0 Å². The monoisotopic (exact) mass is 474 g/mol. The summed E-state index contributed by atoms with van der Waals surface area (Å²) in [5.74, 6) is 0.387. The standard InChI is InChI=1S/C26H17Cl2FN4/c27-20-13-22-23(14-21(20)28)33-26(25(32-22)17-6-8-19(29)9-7-17)18-10-11-30-24(12-18)31-15-16-4-2-1-3-5-16/h1-14H,15H2,(H,30,31). The maximum atomic E-state index is 13.6. The van der Waals surface area contributed by atoms with Crippen LogP contribution in [0.2, 0.25) is 10.0 Å². The average molecular weight is 475 g/mol. The van der Waals surface area contributed by atoms with Crippen molar-refractivity contribution < 1.29 is 4.39 Å². The van der Waals surface area contributed by atoms with Crippen LogP contribution < -0.4 is 5.32 Å². The minimum Gasteiger partial charge on any atom is -0.366 e. The van der Waals surface area contributed by atoms with Gasteiger partial charge in [-0.2, -0.15) is 0 Å². The zero-order chi connectivity index (χ0) is 22.8. The molecule has 0 unspecified atom stereocenters. The third kappa shape index (κ3) is 4.65. The zero-order valence-corrected chi connectivity index (χ0v) is 18.8. The number of hydrogen-bond donors (Lipinski definition) is 1. The third-order valence-corrected chi connectivity index (χ3v) is 5.90. The molecular weight excluding hydrogens is 458 g/mol. The molecule has 0 fully saturated rings. The molecule has 2 aromatic heterocycles. The summed E-state index contributed by atoms with van der Waals surface area (Å²) in [5.41, 5.74) is 5.17. The highest BCUT2D eigenvalue weighted by Gasteiger charge is 2.15. The van der Waals surface area contributed by atoms with E-state index in [1.54, 1.807) is 30.5 Å². The second kappa shape index (κ2) is 9.14. The number of nitrogens with zero attached hydrogens (tertiary/aromatic N) is 3. The molecule has 2 heterocycles. The average Bonchev–Trinajstić information content (AvgIpc) is 2.84. The van der Waals surface area contributed by atoms with Crippen LogP contribution in [-0.4, -0.2) is 15.0 Å². The predicted molar refractivity (Wildman–Crippen MR) is 132 cm³/mol. The van der Waals surface area contributed by atoms with Crippen LogP contribution in [0.3, 0.4) is 0 Å². The lowest BCUT2D eigenvalue weighted by Gasteiger charge is -2.13. The van der Waals surface area contributed by atoms with Gasteiger partial charge < -0.3 is 5.32 Å². The van der Waals surface area contributed by atoms with Crippen molar-refractivity contribution in [3.63, 3.8) is 0 Å². The number of fused-ring (bicyclic) bond motifs is 1. The fourth-order valence-electron chi connectivity index (χ4n) is 3.53. The van der Waals surface area contributed by atoms with Gasteiger partial charge in [-0.15, -0.1) is 0 Å². The van der Waals surface area contributed by atoms with Crippen molar-refractivity contribution >= 4 is 40.1 Å². The molecule has 1 N–H and O–H groups in total. The third-order valence-electron chi connectivity index (χ3n) is 5.17. The molecule has 0 radical (unpaired) electrons. The second-order valence-electron chi connectivity index (χ2n) is 7.45. The summed E-state index contributed by atoms with van der Waals surface area (Å²) in [7, 11) is 0. The number of halogens is 3. The number of nitrogens with one attached hydrogen (secondary N) is 1. The number of pyridine rings is 1. The highest BCUT2D eigenvalue weighted by Crippen LogP contribution is 2.34. The van der Waals surface area contributed by atoms with Crippen LogP contribution in [0.15, 0.2) is 85.1 Å². The quantitative estimate of drug-likeness (QED) is 0.288. The Hall–Kier alpha value is -3.54. The van der Waals surface area contributed by atoms with Gasteiger partial charge in [0, 0.05) is 23.9 Å². The Balaban J connectivity index is 1.60. The van der Waals surface area contributed by atoms with Crippen LogP contribution in [-0.2, 0) is 6.54 Å². The number of rotatable bonds is 5. The Morgan fingerprint density at radius 2 is 1.36 bits per heavy atom. The van der Waals surface area contributed by atoms with Crippen molar-refractivity contribution in [3.05, 3.63) is 106 Å². The fraction of sp³-hybridized carbons (Fsp3) is 0.0385. The first-order valence-corrected chi connectivity index (χ1v) is 11.0. The highest BCUT2D eigenvalue weighted by atomic mass is 35.5. The van der Waals surface area contributed by atoms with Crippen molar-refractivity contribution in [1.29, 1.82) is 0 Å². The largest absolute Gasteiger partial charge is 0.366 e. The Morgan fingerprint density at radius 3 is 2.03 bits per heavy atom. The maximum Gasteiger partial charge on any atom is 0.126 e. The Kier molecular flexibility index (Phi) is 5.90. The van der Waals surface area contributed by atoms with Crippen LogP contribution in [0.5, 0.6) is 0 Å². The molecule has 0 aliphatic rings. The van der Waals surface area contributed by atoms with E-state index in [0.29, 0.717) is 44.8 Å². The molecule has 0 bridgehead atoms. The van der Waals surface area contributed by atoms with Crippen molar-refractivity contribution in [1.82, 2.24) is 15.0 Å². The first-order chi connectivity index (χ1) is 16.1. The summed E-state index contributed by atoms with van der Waals surface area (Å²) in [6.07, 6.45) is 1.72. The van der Waals surface area contributed by atoms with E-state index in [1.165, 1.54) is 12.1 Å². The normalized spacial score (nSPS) is 11.0. The molecule has 0 amide bonds. The van der Waals surface area contributed by atoms with Crippen LogP contribution >= 0.6 is 23.2 Å². The Morgan fingerprint density at radius 1 is 0.727 bits per heavy atom. The first-order valence-electron chi connectivity index (χ1n) is 10.2. The molecule has 33 heavy (non-hydrogen) atoms. The summed E-state index contributed by atoms with van der Waals surface area (Å²) < 4.78 is 13.6. The van der Waals surface area contributed by atoms with E-state index in [4.69, 9.17) is 33.2 Å². The summed E-state index contributed by atoms with van der Waals surface area (Å²) in [6, 6.07) is 23.4. The molecule has 7 heteroatoms. The van der Waals surface area contributed by atoms with Crippen molar-refractivity contribution in [3.8, 4) is 22.5 Å². The van der Waals surface area contributed by atoms with Gasteiger partial charge in [0.15, 0.2) is 0 Å². The lowest BCUT2D eigenvalue weighted by molar-refractivity contribution is 0.628. The van der Waals surface area contributed by atoms with E-state index in [9.17, 15) is 4.39 Å². The molecule has 0 aliphatic carbocycles. The molecule has 0 saturated carbocycles. The molecular formula is C26H17Cl2FN4. The van der Waals surface area contributed by atoms with Crippen LogP contribution in [0.4, 0.5) is 10.2 Å². The molecule has 5 rings (SSSR count). The highest BCUT2D eigenvalue weighted by molar-refractivity contribution is 6.42. The van der Waals surface area contributed by atoms with E-state index >= 15 is 0 Å². The van der Waals surface area contributed by atoms with E-state index in [2.05, 4.69) is 10.3 Å². The minimum absolute atomic E-state index is 0.319. The molecule has 3 aromatic carbocycles. The van der Waals surface area contributed by atoms with Gasteiger partial charge >= 0.3 is 0 Å². The summed E-state index contributed by atoms with van der Waals surface area (Å²) in [5, 5.41) is 4.14. The van der Waals surface area contributed by atoms with Gasteiger partial charge in [0.1, 0.15) is 11.6 Å². The molecule has 4 nitrogen and oxygen atoms in total. The van der Waals surface area contributed by atoms with E-state index < -0.39 is 0 Å². The molecule has 0 aliphatic heterocycles. The second-order valence-corrected chi connectivity index (χ2v) is 8.27. The fourth-order valence-corrected chi connectivity index (χ4v) is 3.84. The van der Waals surface area contributed by atoms with E-state index in [1.807, 2.05) is 42.5 Å². The van der Waals surface area contributed by atoms with Gasteiger partial charge in [0.05, 0.1) is 32.5 Å². The SMILES string of the molecule is Fc1ccc(-c2nc3cc(Cl)c(Cl)cc3nc2-c2ccnc(NCc3ccccc3)c2)cc1. The van der Waals surface area contributed by atoms with E-state index in [-0.39, 0.29) is 5.82 Å². The molecule has 0 saturated heterocycles. The maximum absolute atomic E-state index is 13.6. The van der Waals surface area contributed by atoms with Gasteiger partial charge in [0.25, 0.3) is 0 Å².